The van der Waals surface area contributed by atoms with Crippen LogP contribution in [-0.4, -0.2) is 19.0 Å². The summed E-state index contributed by atoms with van der Waals surface area (Å²) in [6.45, 7) is 4.01. The molecular weight excluding hydrogens is 250 g/mol. The Bertz CT molecular complexity index is 678. The topological polar surface area (TPSA) is 66.4 Å². The van der Waals surface area contributed by atoms with Crippen molar-refractivity contribution in [3.8, 4) is 0 Å². The van der Waals surface area contributed by atoms with Crippen molar-refractivity contribution in [2.45, 2.75) is 24.8 Å². The third-order valence-electron chi connectivity index (χ3n) is 2.60. The fourth-order valence-corrected chi connectivity index (χ4v) is 2.36. The number of hydrogen-bond donors (Lipinski definition) is 2. The number of nitrogens with one attached hydrogen (secondary N) is 1. The van der Waals surface area contributed by atoms with Gasteiger partial charge in [0.15, 0.2) is 0 Å². The minimum atomic E-state index is -4.17. The fraction of sp³-hybridized carbons (Fsp3) is 0.231. The molecule has 0 bridgehead atoms. The van der Waals surface area contributed by atoms with Gasteiger partial charge in [-0.15, -0.1) is 0 Å². The van der Waals surface area contributed by atoms with Crippen molar-refractivity contribution in [3.63, 3.8) is 0 Å². The molecule has 2 aromatic rings. The summed E-state index contributed by atoms with van der Waals surface area (Å²) >= 11 is 0. The first-order valence-electron chi connectivity index (χ1n) is 5.65. The lowest BCUT2D eigenvalue weighted by molar-refractivity contribution is 0.483. The van der Waals surface area contributed by atoms with E-state index in [2.05, 4.69) is 5.32 Å². The first kappa shape index (κ1) is 12.9. The molecule has 5 heteroatoms. The highest BCUT2D eigenvalue weighted by Crippen LogP contribution is 2.26. The van der Waals surface area contributed by atoms with Crippen molar-refractivity contribution in [2.75, 3.05) is 5.32 Å². The molecule has 0 spiro atoms. The molecule has 0 amide bonds. The van der Waals surface area contributed by atoms with Gasteiger partial charge in [0.2, 0.25) is 0 Å². The van der Waals surface area contributed by atoms with Crippen LogP contribution in [0, 0.1) is 0 Å². The lowest BCUT2D eigenvalue weighted by atomic mass is 10.1. The summed E-state index contributed by atoms with van der Waals surface area (Å²) < 4.78 is 31.4. The fourth-order valence-electron chi connectivity index (χ4n) is 1.85. The number of rotatable bonds is 3. The van der Waals surface area contributed by atoms with Gasteiger partial charge in [0.1, 0.15) is 0 Å². The van der Waals surface area contributed by atoms with E-state index in [1.165, 1.54) is 12.1 Å². The van der Waals surface area contributed by atoms with Crippen molar-refractivity contribution in [1.82, 2.24) is 0 Å². The van der Waals surface area contributed by atoms with E-state index in [9.17, 15) is 8.42 Å². The Hall–Kier alpha value is -1.59. The van der Waals surface area contributed by atoms with Crippen LogP contribution in [0.3, 0.4) is 0 Å². The molecule has 0 heterocycles. The van der Waals surface area contributed by atoms with Gasteiger partial charge < -0.3 is 5.32 Å². The standard InChI is InChI=1S/C13H15NO3S/c1-9(2)14-13-5-3-4-10-6-7-11(8-12(10)13)18(15,16)17/h3-9,14H,1-2H3,(H,15,16,17). The first-order chi connectivity index (χ1) is 8.38. The average Bonchev–Trinajstić information content (AvgIpc) is 2.27. The minimum Gasteiger partial charge on any atom is -0.382 e. The predicted octanol–water partition coefficient (Wildman–Crippen LogP) is 2.91. The molecule has 0 aliphatic carbocycles. The summed E-state index contributed by atoms with van der Waals surface area (Å²) in [5.74, 6) is 0. The number of fused-ring (bicyclic) bond motifs is 1. The van der Waals surface area contributed by atoms with Gasteiger partial charge in [-0.05, 0) is 37.4 Å². The summed E-state index contributed by atoms with van der Waals surface area (Å²) in [6, 6.07) is 10.5. The molecule has 0 aromatic heterocycles. The van der Waals surface area contributed by atoms with E-state index in [4.69, 9.17) is 4.55 Å². The molecule has 18 heavy (non-hydrogen) atoms. The van der Waals surface area contributed by atoms with Crippen molar-refractivity contribution < 1.29 is 13.0 Å². The van der Waals surface area contributed by atoms with E-state index in [1.807, 2.05) is 32.0 Å². The van der Waals surface area contributed by atoms with E-state index in [0.717, 1.165) is 16.5 Å². The van der Waals surface area contributed by atoms with E-state index in [0.29, 0.717) is 0 Å². The van der Waals surface area contributed by atoms with E-state index in [1.54, 1.807) is 6.07 Å². The zero-order valence-corrected chi connectivity index (χ0v) is 11.0. The predicted molar refractivity (Wildman–Crippen MR) is 72.5 cm³/mol. The highest BCUT2D eigenvalue weighted by Gasteiger charge is 2.11. The third kappa shape index (κ3) is 2.63. The molecule has 4 nitrogen and oxygen atoms in total. The number of hydrogen-bond acceptors (Lipinski definition) is 3. The van der Waals surface area contributed by atoms with Crippen LogP contribution in [0.15, 0.2) is 41.3 Å². The van der Waals surface area contributed by atoms with Gasteiger partial charge >= 0.3 is 0 Å². The normalized spacial score (nSPS) is 12.0. The van der Waals surface area contributed by atoms with Gasteiger partial charge in [0, 0.05) is 17.1 Å². The van der Waals surface area contributed by atoms with Crippen molar-refractivity contribution in [2.24, 2.45) is 0 Å². The molecule has 2 rings (SSSR count). The lowest BCUT2D eigenvalue weighted by Gasteiger charge is -2.13. The monoisotopic (exact) mass is 265 g/mol. The molecule has 96 valence electrons. The van der Waals surface area contributed by atoms with Crippen LogP contribution in [0.4, 0.5) is 5.69 Å². The van der Waals surface area contributed by atoms with Gasteiger partial charge in [-0.2, -0.15) is 8.42 Å². The molecule has 0 saturated carbocycles. The summed E-state index contributed by atoms with van der Waals surface area (Å²) in [5, 5.41) is 4.95. The Labute approximate surface area is 106 Å². The molecule has 0 unspecified atom stereocenters. The molecular formula is C13H15NO3S. The Morgan fingerprint density at radius 1 is 1.17 bits per heavy atom. The molecule has 0 fully saturated rings. The maximum absolute atomic E-state index is 11.1. The largest absolute Gasteiger partial charge is 0.382 e. The van der Waals surface area contributed by atoms with Crippen molar-refractivity contribution in [1.29, 1.82) is 0 Å². The Morgan fingerprint density at radius 3 is 2.50 bits per heavy atom. The lowest BCUT2D eigenvalue weighted by Crippen LogP contribution is -2.10. The zero-order valence-electron chi connectivity index (χ0n) is 10.2. The summed E-state index contributed by atoms with van der Waals surface area (Å²) in [4.78, 5) is -0.0898. The molecule has 0 aliphatic heterocycles. The molecule has 2 N–H and O–H groups in total. The number of benzene rings is 2. The van der Waals surface area contributed by atoms with E-state index >= 15 is 0 Å². The van der Waals surface area contributed by atoms with Crippen LogP contribution in [0.2, 0.25) is 0 Å². The van der Waals surface area contributed by atoms with E-state index in [-0.39, 0.29) is 10.9 Å². The molecule has 0 radical (unpaired) electrons. The Balaban J connectivity index is 2.66. The van der Waals surface area contributed by atoms with Crippen LogP contribution in [0.25, 0.3) is 10.8 Å². The smallest absolute Gasteiger partial charge is 0.294 e. The SMILES string of the molecule is CC(C)Nc1cccc2ccc(S(=O)(=O)O)cc12. The average molecular weight is 265 g/mol. The molecule has 0 atom stereocenters. The summed E-state index contributed by atoms with van der Waals surface area (Å²) in [7, 11) is -4.17. The van der Waals surface area contributed by atoms with Gasteiger partial charge in [-0.25, -0.2) is 0 Å². The van der Waals surface area contributed by atoms with Crippen molar-refractivity contribution >= 4 is 26.6 Å². The van der Waals surface area contributed by atoms with Gasteiger partial charge in [0.25, 0.3) is 10.1 Å². The van der Waals surface area contributed by atoms with Crippen LogP contribution >= 0.6 is 0 Å². The summed E-state index contributed by atoms with van der Waals surface area (Å²) in [5.41, 5.74) is 0.855. The zero-order chi connectivity index (χ0) is 13.3. The minimum absolute atomic E-state index is 0.0898. The van der Waals surface area contributed by atoms with Gasteiger partial charge in [-0.3, -0.25) is 4.55 Å². The second-order valence-corrected chi connectivity index (χ2v) is 5.88. The highest BCUT2D eigenvalue weighted by atomic mass is 32.2. The molecule has 0 saturated heterocycles. The van der Waals surface area contributed by atoms with Gasteiger partial charge in [-0.1, -0.05) is 18.2 Å². The van der Waals surface area contributed by atoms with Crippen LogP contribution < -0.4 is 5.32 Å². The third-order valence-corrected chi connectivity index (χ3v) is 3.45. The van der Waals surface area contributed by atoms with Crippen LogP contribution in [-0.2, 0) is 10.1 Å². The Morgan fingerprint density at radius 2 is 1.89 bits per heavy atom. The maximum Gasteiger partial charge on any atom is 0.294 e. The number of anilines is 1. The van der Waals surface area contributed by atoms with Crippen LogP contribution in [0.5, 0.6) is 0 Å². The van der Waals surface area contributed by atoms with Crippen LogP contribution in [0.1, 0.15) is 13.8 Å². The van der Waals surface area contributed by atoms with Gasteiger partial charge in [0.05, 0.1) is 4.90 Å². The molecule has 0 aliphatic rings. The summed E-state index contributed by atoms with van der Waals surface area (Å²) in [6.07, 6.45) is 0. The highest BCUT2D eigenvalue weighted by molar-refractivity contribution is 7.85. The quantitative estimate of drug-likeness (QED) is 0.837. The second kappa shape index (κ2) is 4.59. The van der Waals surface area contributed by atoms with Crippen molar-refractivity contribution in [3.05, 3.63) is 36.4 Å². The molecule has 2 aromatic carbocycles. The second-order valence-electron chi connectivity index (χ2n) is 4.46. The van der Waals surface area contributed by atoms with E-state index < -0.39 is 10.1 Å². The maximum atomic E-state index is 11.1. The first-order valence-corrected chi connectivity index (χ1v) is 7.09. The Kier molecular flexibility index (Phi) is 3.28.